The highest BCUT2D eigenvalue weighted by atomic mass is 35.7. The fraction of sp³-hybridized carbons (Fsp3) is 0.308. The van der Waals surface area contributed by atoms with Gasteiger partial charge in [0.05, 0.1) is 11.5 Å². The topological polar surface area (TPSA) is 60.4 Å². The van der Waals surface area contributed by atoms with Crippen molar-refractivity contribution in [2.24, 2.45) is 0 Å². The number of hydrogen-bond acceptors (Lipinski definition) is 4. The fourth-order valence-electron chi connectivity index (χ4n) is 1.49. The van der Waals surface area contributed by atoms with Crippen molar-refractivity contribution in [1.29, 1.82) is 0 Å². The largest absolute Gasteiger partial charge is 0.463 e. The Hall–Kier alpha value is -1.33. The number of carbonyl (C=O) groups excluding carboxylic acids is 1. The number of hydrogen-bond donors (Lipinski definition) is 0. The second-order valence-corrected chi connectivity index (χ2v) is 6.32. The van der Waals surface area contributed by atoms with Crippen molar-refractivity contribution in [3.63, 3.8) is 0 Å². The second kappa shape index (κ2) is 6.73. The molecule has 0 unspecified atom stereocenters. The van der Waals surface area contributed by atoms with Gasteiger partial charge in [-0.2, -0.15) is 0 Å². The molecule has 0 saturated carbocycles. The first kappa shape index (κ1) is 15.7. The van der Waals surface area contributed by atoms with Gasteiger partial charge in [0.15, 0.2) is 0 Å². The van der Waals surface area contributed by atoms with E-state index >= 15 is 0 Å². The van der Waals surface area contributed by atoms with Gasteiger partial charge in [0.1, 0.15) is 0 Å². The van der Waals surface area contributed by atoms with Gasteiger partial charge in [-0.25, -0.2) is 13.2 Å². The van der Waals surface area contributed by atoms with Crippen molar-refractivity contribution in [2.45, 2.75) is 25.2 Å². The molecule has 0 fully saturated rings. The van der Waals surface area contributed by atoms with Gasteiger partial charge in [-0.05, 0) is 37.1 Å². The van der Waals surface area contributed by atoms with Crippen molar-refractivity contribution in [3.05, 3.63) is 35.4 Å². The van der Waals surface area contributed by atoms with E-state index in [2.05, 4.69) is 0 Å². The van der Waals surface area contributed by atoms with Crippen molar-refractivity contribution in [1.82, 2.24) is 0 Å². The molecule has 6 heteroatoms. The number of carbonyl (C=O) groups is 1. The summed E-state index contributed by atoms with van der Waals surface area (Å²) >= 11 is 0. The number of rotatable bonds is 5. The third-order valence-electron chi connectivity index (χ3n) is 2.40. The molecule has 0 aromatic heterocycles. The van der Waals surface area contributed by atoms with E-state index in [9.17, 15) is 13.2 Å². The molecule has 1 aromatic carbocycles. The van der Waals surface area contributed by atoms with Crippen LogP contribution in [-0.4, -0.2) is 21.0 Å². The molecule has 0 bridgehead atoms. The Labute approximate surface area is 117 Å². The minimum atomic E-state index is -3.77. The van der Waals surface area contributed by atoms with E-state index in [-0.39, 0.29) is 4.90 Å². The summed E-state index contributed by atoms with van der Waals surface area (Å²) in [6.45, 7) is 3.85. The Morgan fingerprint density at radius 1 is 1.37 bits per heavy atom. The molecule has 0 aliphatic heterocycles. The molecular formula is C13H15ClO4S. The lowest BCUT2D eigenvalue weighted by molar-refractivity contribution is -0.138. The molecule has 0 amide bonds. The first-order valence-corrected chi connectivity index (χ1v) is 8.11. The van der Waals surface area contributed by atoms with E-state index in [1.54, 1.807) is 25.1 Å². The monoisotopic (exact) mass is 302 g/mol. The Morgan fingerprint density at radius 3 is 2.58 bits per heavy atom. The maximum atomic E-state index is 11.6. The van der Waals surface area contributed by atoms with Gasteiger partial charge < -0.3 is 4.74 Å². The van der Waals surface area contributed by atoms with Crippen LogP contribution >= 0.6 is 10.7 Å². The van der Waals surface area contributed by atoms with Crippen LogP contribution in [0.1, 0.15) is 25.8 Å². The van der Waals surface area contributed by atoms with Gasteiger partial charge in [0.2, 0.25) is 0 Å². The highest BCUT2D eigenvalue weighted by Crippen LogP contribution is 2.19. The summed E-state index contributed by atoms with van der Waals surface area (Å²) < 4.78 is 27.4. The molecule has 1 aromatic rings. The lowest BCUT2D eigenvalue weighted by Crippen LogP contribution is -2.06. The summed E-state index contributed by atoms with van der Waals surface area (Å²) in [4.78, 5) is 11.6. The molecule has 0 aliphatic carbocycles. The SMILES string of the molecule is CCOC(=O)/C(=C/c1cccc(S(=O)(=O)Cl)c1)CC. The zero-order valence-electron chi connectivity index (χ0n) is 10.7. The summed E-state index contributed by atoms with van der Waals surface area (Å²) in [5.41, 5.74) is 1.07. The quantitative estimate of drug-likeness (QED) is 0.476. The first-order chi connectivity index (χ1) is 8.88. The summed E-state index contributed by atoms with van der Waals surface area (Å²) in [5, 5.41) is 0. The third kappa shape index (κ3) is 4.69. The summed E-state index contributed by atoms with van der Waals surface area (Å²) in [5.74, 6) is -0.399. The molecule has 4 nitrogen and oxygen atoms in total. The van der Waals surface area contributed by atoms with E-state index in [0.717, 1.165) is 0 Å². The van der Waals surface area contributed by atoms with Crippen LogP contribution in [0.4, 0.5) is 0 Å². The predicted molar refractivity (Wildman–Crippen MR) is 74.4 cm³/mol. The van der Waals surface area contributed by atoms with Crippen molar-refractivity contribution >= 4 is 31.8 Å². The number of halogens is 1. The lowest BCUT2D eigenvalue weighted by Gasteiger charge is -2.05. The predicted octanol–water partition coefficient (Wildman–Crippen LogP) is 2.97. The average Bonchev–Trinajstić information content (AvgIpc) is 2.35. The highest BCUT2D eigenvalue weighted by Gasteiger charge is 2.11. The second-order valence-electron chi connectivity index (χ2n) is 3.75. The fourth-order valence-corrected chi connectivity index (χ4v) is 2.29. The molecule has 0 heterocycles. The lowest BCUT2D eigenvalue weighted by atomic mass is 10.1. The van der Waals surface area contributed by atoms with Crippen LogP contribution in [0.25, 0.3) is 6.08 Å². The smallest absolute Gasteiger partial charge is 0.333 e. The Morgan fingerprint density at radius 2 is 2.05 bits per heavy atom. The molecule has 1 rings (SSSR count). The van der Waals surface area contributed by atoms with Crippen LogP contribution in [0, 0.1) is 0 Å². The third-order valence-corrected chi connectivity index (χ3v) is 3.75. The molecule has 0 aliphatic rings. The normalized spacial score (nSPS) is 12.3. The van der Waals surface area contributed by atoms with E-state index in [1.165, 1.54) is 12.1 Å². The maximum absolute atomic E-state index is 11.6. The van der Waals surface area contributed by atoms with Crippen LogP contribution in [0.3, 0.4) is 0 Å². The molecule has 0 atom stereocenters. The first-order valence-electron chi connectivity index (χ1n) is 5.81. The molecule has 0 N–H and O–H groups in total. The van der Waals surface area contributed by atoms with Crippen LogP contribution in [0.5, 0.6) is 0 Å². The standard InChI is InChI=1S/C13H15ClO4S/c1-3-11(13(15)18-4-2)8-10-6-5-7-12(9-10)19(14,16)17/h5-9H,3-4H2,1-2H3/b11-8+. The zero-order chi connectivity index (χ0) is 14.5. The van der Waals surface area contributed by atoms with Gasteiger partial charge >= 0.3 is 5.97 Å². The zero-order valence-corrected chi connectivity index (χ0v) is 12.3. The van der Waals surface area contributed by atoms with Gasteiger partial charge in [-0.15, -0.1) is 0 Å². The number of esters is 1. The van der Waals surface area contributed by atoms with E-state index < -0.39 is 15.0 Å². The molecule has 19 heavy (non-hydrogen) atoms. The molecule has 0 spiro atoms. The number of ether oxygens (including phenoxy) is 1. The van der Waals surface area contributed by atoms with Gasteiger partial charge in [0.25, 0.3) is 9.05 Å². The Kier molecular flexibility index (Phi) is 5.57. The number of benzene rings is 1. The van der Waals surface area contributed by atoms with Crippen molar-refractivity contribution in [3.8, 4) is 0 Å². The van der Waals surface area contributed by atoms with E-state index in [4.69, 9.17) is 15.4 Å². The average molecular weight is 303 g/mol. The molecule has 0 radical (unpaired) electrons. The summed E-state index contributed by atoms with van der Waals surface area (Å²) in [6.07, 6.45) is 2.10. The van der Waals surface area contributed by atoms with Crippen molar-refractivity contribution < 1.29 is 17.9 Å². The molecule has 0 saturated heterocycles. The van der Waals surface area contributed by atoms with Crippen LogP contribution in [0.2, 0.25) is 0 Å². The minimum absolute atomic E-state index is 0.00206. The van der Waals surface area contributed by atoms with Crippen LogP contribution in [0.15, 0.2) is 34.7 Å². The minimum Gasteiger partial charge on any atom is -0.463 e. The summed E-state index contributed by atoms with van der Waals surface area (Å²) in [6, 6.07) is 6.08. The van der Waals surface area contributed by atoms with Crippen LogP contribution < -0.4 is 0 Å². The molecular weight excluding hydrogens is 288 g/mol. The van der Waals surface area contributed by atoms with Crippen LogP contribution in [-0.2, 0) is 18.6 Å². The molecule has 104 valence electrons. The van der Waals surface area contributed by atoms with Gasteiger partial charge in [-0.3, -0.25) is 0 Å². The summed E-state index contributed by atoms with van der Waals surface area (Å²) in [7, 11) is 1.50. The van der Waals surface area contributed by atoms with E-state index in [1.807, 2.05) is 6.92 Å². The Bertz CT molecular complexity index is 590. The van der Waals surface area contributed by atoms with Crippen molar-refractivity contribution in [2.75, 3.05) is 6.61 Å². The van der Waals surface area contributed by atoms with Gasteiger partial charge in [0, 0.05) is 16.3 Å². The highest BCUT2D eigenvalue weighted by molar-refractivity contribution is 8.13. The van der Waals surface area contributed by atoms with E-state index in [0.29, 0.717) is 24.2 Å². The Balaban J connectivity index is 3.13. The van der Waals surface area contributed by atoms with Gasteiger partial charge in [-0.1, -0.05) is 19.1 Å². The maximum Gasteiger partial charge on any atom is 0.333 e.